The Bertz CT molecular complexity index is 2430. The maximum absolute atomic E-state index is 5.24. The van der Waals surface area contributed by atoms with Crippen molar-refractivity contribution in [1.82, 2.24) is 24.3 Å². The predicted molar refractivity (Wildman–Crippen MR) is 198 cm³/mol. The second-order valence-corrected chi connectivity index (χ2v) is 12.0. The van der Waals surface area contributed by atoms with Gasteiger partial charge in [0.2, 0.25) is 0 Å². The van der Waals surface area contributed by atoms with Crippen LogP contribution in [0.1, 0.15) is 38.7 Å². The van der Waals surface area contributed by atoms with Gasteiger partial charge in [-0.25, -0.2) is 19.9 Å². The first kappa shape index (κ1) is 29.5. The molecule has 5 heteroatoms. The predicted octanol–water partition coefficient (Wildman–Crippen LogP) is 9.06. The highest BCUT2D eigenvalue weighted by molar-refractivity contribution is 5.94. The van der Waals surface area contributed by atoms with Crippen LogP contribution in [0.25, 0.3) is 79.6 Å². The molecule has 1 aliphatic rings. The first-order valence-corrected chi connectivity index (χ1v) is 16.7. The van der Waals surface area contributed by atoms with Crippen molar-refractivity contribution in [2.24, 2.45) is 0 Å². The van der Waals surface area contributed by atoms with E-state index in [1.807, 2.05) is 60.7 Å². The van der Waals surface area contributed by atoms with Crippen LogP contribution in [0.15, 0.2) is 127 Å². The Balaban J connectivity index is 1.43. The molecule has 0 amide bonds. The third kappa shape index (κ3) is 5.43. The number of benzene rings is 4. The summed E-state index contributed by atoms with van der Waals surface area (Å²) in [4.78, 5) is 20.4. The first-order valence-electron chi connectivity index (χ1n) is 16.7. The molecule has 8 rings (SSSR count). The van der Waals surface area contributed by atoms with Crippen LogP contribution in [0, 0.1) is 0 Å². The standard InChI is InChI=1S/C43H35N5/c1-3-5-16-29(4-2)33-25-34(36-28-32-21-12-14-23-38(32)48-39-24-15-13-22-37(39)44-43(36)48)27-35(26-33)42-46-40(30-17-8-6-9-18-30)45-41(47-42)31-19-10-7-11-20-31/h4-12,14,16-28H,3,13,15H2,1-2H3/b16-5-,29-4+. The molecule has 3 aromatic heterocycles. The molecule has 0 fully saturated rings. The minimum Gasteiger partial charge on any atom is -0.292 e. The number of nitrogens with zero attached hydrogens (tertiary/aromatic N) is 5. The number of fused-ring (bicyclic) bond motifs is 5. The number of allylic oxidation sites excluding steroid dienone is 4. The van der Waals surface area contributed by atoms with E-state index < -0.39 is 0 Å². The Morgan fingerprint density at radius 3 is 1.98 bits per heavy atom. The molecular formula is C43H35N5. The third-order valence-electron chi connectivity index (χ3n) is 8.88. The fourth-order valence-electron chi connectivity index (χ4n) is 6.53. The Morgan fingerprint density at radius 2 is 1.29 bits per heavy atom. The first-order chi connectivity index (χ1) is 23.7. The maximum atomic E-state index is 5.24. The maximum Gasteiger partial charge on any atom is 0.164 e. The summed E-state index contributed by atoms with van der Waals surface area (Å²) in [5.74, 6) is 1.91. The highest BCUT2D eigenvalue weighted by Gasteiger charge is 2.18. The molecule has 4 aromatic carbocycles. The molecule has 0 bridgehead atoms. The molecule has 48 heavy (non-hydrogen) atoms. The van der Waals surface area contributed by atoms with Gasteiger partial charge < -0.3 is 0 Å². The quantitative estimate of drug-likeness (QED) is 0.167. The summed E-state index contributed by atoms with van der Waals surface area (Å²) in [6, 6.07) is 37.8. The highest BCUT2D eigenvalue weighted by atomic mass is 15.0. The van der Waals surface area contributed by atoms with Crippen molar-refractivity contribution in [3.05, 3.63) is 144 Å². The Morgan fingerprint density at radius 1 is 0.667 bits per heavy atom. The fraction of sp³-hybridized carbons (Fsp3) is 0.116. The van der Waals surface area contributed by atoms with E-state index >= 15 is 0 Å². The van der Waals surface area contributed by atoms with Crippen LogP contribution in [0.4, 0.5) is 0 Å². The van der Waals surface area contributed by atoms with Crippen molar-refractivity contribution < 1.29 is 0 Å². The second kappa shape index (κ2) is 12.7. The summed E-state index contributed by atoms with van der Waals surface area (Å²) in [5.41, 5.74) is 9.29. The average Bonchev–Trinajstić information content (AvgIpc) is 3.55. The molecule has 0 unspecified atom stereocenters. The zero-order valence-corrected chi connectivity index (χ0v) is 27.1. The van der Waals surface area contributed by atoms with Gasteiger partial charge in [-0.15, -0.1) is 0 Å². The van der Waals surface area contributed by atoms with Crippen molar-refractivity contribution in [1.29, 1.82) is 0 Å². The van der Waals surface area contributed by atoms with Gasteiger partial charge in [0.25, 0.3) is 0 Å². The number of aromatic nitrogens is 5. The van der Waals surface area contributed by atoms with E-state index in [1.54, 1.807) is 0 Å². The Hall–Kier alpha value is -5.94. The van der Waals surface area contributed by atoms with Crippen LogP contribution in [0.3, 0.4) is 0 Å². The van der Waals surface area contributed by atoms with Crippen LogP contribution in [-0.4, -0.2) is 24.3 Å². The molecule has 0 atom stereocenters. The molecule has 0 aliphatic heterocycles. The summed E-state index contributed by atoms with van der Waals surface area (Å²) >= 11 is 0. The van der Waals surface area contributed by atoms with Crippen molar-refractivity contribution in [2.75, 3.05) is 0 Å². The van der Waals surface area contributed by atoms with Crippen LogP contribution in [0.2, 0.25) is 0 Å². The lowest BCUT2D eigenvalue weighted by Crippen LogP contribution is -2.29. The van der Waals surface area contributed by atoms with Gasteiger partial charge >= 0.3 is 0 Å². The molecule has 232 valence electrons. The fourth-order valence-corrected chi connectivity index (χ4v) is 6.53. The SMILES string of the molecule is C/C=C(\C=C/CC)c1cc(-c2nc(-c3ccccc3)nc(-c3ccccc3)n2)cc(-c2cc3ccccc3n3c4c(nc23)=CCCC=4)c1. The summed E-state index contributed by atoms with van der Waals surface area (Å²) in [6.07, 6.45) is 14.1. The van der Waals surface area contributed by atoms with E-state index in [1.165, 1.54) is 10.7 Å². The monoisotopic (exact) mass is 621 g/mol. The smallest absolute Gasteiger partial charge is 0.164 e. The molecule has 0 saturated heterocycles. The third-order valence-corrected chi connectivity index (χ3v) is 8.88. The van der Waals surface area contributed by atoms with E-state index in [9.17, 15) is 0 Å². The number of imidazole rings is 1. The van der Waals surface area contributed by atoms with Gasteiger partial charge in [0.05, 0.1) is 16.2 Å². The van der Waals surface area contributed by atoms with Gasteiger partial charge in [-0.2, -0.15) is 0 Å². The van der Waals surface area contributed by atoms with Gasteiger partial charge in [-0.3, -0.25) is 4.40 Å². The minimum atomic E-state index is 0.627. The highest BCUT2D eigenvalue weighted by Crippen LogP contribution is 2.35. The number of para-hydroxylation sites is 1. The minimum absolute atomic E-state index is 0.627. The van der Waals surface area contributed by atoms with Gasteiger partial charge in [0, 0.05) is 22.3 Å². The van der Waals surface area contributed by atoms with Gasteiger partial charge in [-0.1, -0.05) is 116 Å². The lowest BCUT2D eigenvalue weighted by atomic mass is 9.94. The zero-order chi connectivity index (χ0) is 32.5. The summed E-state index contributed by atoms with van der Waals surface area (Å²) < 4.78 is 2.33. The van der Waals surface area contributed by atoms with Crippen LogP contribution in [0.5, 0.6) is 0 Å². The second-order valence-electron chi connectivity index (χ2n) is 12.0. The van der Waals surface area contributed by atoms with Crippen molar-refractivity contribution in [3.63, 3.8) is 0 Å². The van der Waals surface area contributed by atoms with Gasteiger partial charge in [-0.05, 0) is 78.6 Å². The van der Waals surface area contributed by atoms with E-state index in [0.29, 0.717) is 17.5 Å². The zero-order valence-electron chi connectivity index (χ0n) is 27.1. The molecule has 3 heterocycles. The molecule has 5 nitrogen and oxygen atoms in total. The van der Waals surface area contributed by atoms with Crippen molar-refractivity contribution in [2.45, 2.75) is 33.1 Å². The number of hydrogen-bond donors (Lipinski definition) is 0. The lowest BCUT2D eigenvalue weighted by Gasteiger charge is -2.14. The van der Waals surface area contributed by atoms with E-state index in [-0.39, 0.29) is 0 Å². The van der Waals surface area contributed by atoms with E-state index in [4.69, 9.17) is 19.9 Å². The molecular weight excluding hydrogens is 587 g/mol. The number of pyridine rings is 1. The molecule has 0 N–H and O–H groups in total. The average molecular weight is 622 g/mol. The number of rotatable bonds is 7. The molecule has 0 radical (unpaired) electrons. The van der Waals surface area contributed by atoms with Crippen molar-refractivity contribution >= 4 is 34.3 Å². The number of hydrogen-bond acceptors (Lipinski definition) is 4. The van der Waals surface area contributed by atoms with E-state index in [2.05, 4.69) is 97.2 Å². The van der Waals surface area contributed by atoms with Crippen LogP contribution in [-0.2, 0) is 0 Å². The largest absolute Gasteiger partial charge is 0.292 e. The molecule has 1 aliphatic carbocycles. The molecule has 0 saturated carbocycles. The summed E-state index contributed by atoms with van der Waals surface area (Å²) in [5, 5.41) is 3.39. The summed E-state index contributed by atoms with van der Waals surface area (Å²) in [6.45, 7) is 4.25. The molecule has 7 aromatic rings. The summed E-state index contributed by atoms with van der Waals surface area (Å²) in [7, 11) is 0. The Labute approximate surface area is 280 Å². The van der Waals surface area contributed by atoms with Crippen LogP contribution < -0.4 is 10.7 Å². The molecule has 0 spiro atoms. The van der Waals surface area contributed by atoms with Gasteiger partial charge in [0.1, 0.15) is 5.65 Å². The van der Waals surface area contributed by atoms with Gasteiger partial charge in [0.15, 0.2) is 17.5 Å². The Kier molecular flexibility index (Phi) is 7.79. The normalized spacial score (nSPS) is 13.1. The van der Waals surface area contributed by atoms with Crippen molar-refractivity contribution in [3.8, 4) is 45.3 Å². The lowest BCUT2D eigenvalue weighted by molar-refractivity contribution is 1.07. The topological polar surface area (TPSA) is 56.0 Å². The van der Waals surface area contributed by atoms with Crippen LogP contribution >= 0.6 is 0 Å². The van der Waals surface area contributed by atoms with E-state index in [0.717, 1.165) is 74.7 Å².